The van der Waals surface area contributed by atoms with Crippen LogP contribution in [0.2, 0.25) is 0 Å². The molecule has 12 heteroatoms. The first-order valence-electron chi connectivity index (χ1n) is 15.3. The van der Waals surface area contributed by atoms with E-state index >= 15 is 0 Å². The normalized spacial score (nSPS) is 18.6. The van der Waals surface area contributed by atoms with Gasteiger partial charge < -0.3 is 10.4 Å². The summed E-state index contributed by atoms with van der Waals surface area (Å²) in [6.45, 7) is 1.59. The summed E-state index contributed by atoms with van der Waals surface area (Å²) >= 11 is 0. The summed E-state index contributed by atoms with van der Waals surface area (Å²) in [6, 6.07) is 13.2. The van der Waals surface area contributed by atoms with Gasteiger partial charge in [0.1, 0.15) is 11.5 Å². The van der Waals surface area contributed by atoms with Crippen LogP contribution in [-0.2, 0) is 22.6 Å². The standard InChI is InChI=1S/C33H37F5N4O3/c34-29(35)21-42-16-12-32(13-17-42,33(36,37)38)31(45)40-28(30(43)44)18-23-6-4-8-25-24(23)7-5-9-26(25)27-11-10-22(19-39-27)20-41-14-2-1-3-15-41/h4-11,19,28-29H,1-3,12-18,20-21H2,(H,40,45)(H,43,44)/t28-/m0/s1. The quantitative estimate of drug-likeness (QED) is 0.271. The third-order valence-electron chi connectivity index (χ3n) is 9.08. The van der Waals surface area contributed by atoms with Gasteiger partial charge in [-0.25, -0.2) is 13.6 Å². The van der Waals surface area contributed by atoms with Gasteiger partial charge in [-0.1, -0.05) is 48.9 Å². The van der Waals surface area contributed by atoms with Crippen LogP contribution < -0.4 is 5.32 Å². The molecule has 3 aromatic rings. The minimum atomic E-state index is -4.98. The van der Waals surface area contributed by atoms with Crippen molar-refractivity contribution in [2.24, 2.45) is 5.41 Å². The number of nitrogens with one attached hydrogen (secondary N) is 1. The summed E-state index contributed by atoms with van der Waals surface area (Å²) in [4.78, 5) is 33.7. The molecule has 0 radical (unpaired) electrons. The fourth-order valence-corrected chi connectivity index (χ4v) is 6.50. The van der Waals surface area contributed by atoms with Crippen molar-refractivity contribution >= 4 is 22.6 Å². The van der Waals surface area contributed by atoms with E-state index < -0.39 is 55.3 Å². The Morgan fingerprint density at radius 2 is 1.60 bits per heavy atom. The predicted octanol–water partition coefficient (Wildman–Crippen LogP) is 5.91. The van der Waals surface area contributed by atoms with E-state index in [1.54, 1.807) is 18.2 Å². The lowest BCUT2D eigenvalue weighted by molar-refractivity contribution is -0.233. The molecule has 1 aromatic heterocycles. The van der Waals surface area contributed by atoms with E-state index in [0.717, 1.165) is 41.8 Å². The van der Waals surface area contributed by atoms with Crippen molar-refractivity contribution in [2.75, 3.05) is 32.7 Å². The predicted molar refractivity (Wildman–Crippen MR) is 160 cm³/mol. The molecule has 0 spiro atoms. The Morgan fingerprint density at radius 3 is 2.22 bits per heavy atom. The van der Waals surface area contributed by atoms with Gasteiger partial charge >= 0.3 is 12.1 Å². The number of rotatable bonds is 10. The van der Waals surface area contributed by atoms with Crippen molar-refractivity contribution in [3.8, 4) is 11.3 Å². The number of benzene rings is 2. The third-order valence-corrected chi connectivity index (χ3v) is 9.08. The van der Waals surface area contributed by atoms with E-state index in [4.69, 9.17) is 4.98 Å². The molecular weight excluding hydrogens is 595 g/mol. The Labute approximate surface area is 258 Å². The second-order valence-electron chi connectivity index (χ2n) is 12.0. The fraction of sp³-hybridized carbons (Fsp3) is 0.485. The molecule has 2 aromatic carbocycles. The molecule has 0 unspecified atom stereocenters. The maximum atomic E-state index is 14.3. The molecule has 2 aliphatic rings. The van der Waals surface area contributed by atoms with Crippen LogP contribution in [0.25, 0.3) is 22.0 Å². The summed E-state index contributed by atoms with van der Waals surface area (Å²) in [5.74, 6) is -2.93. The van der Waals surface area contributed by atoms with Crippen molar-refractivity contribution in [2.45, 2.75) is 63.7 Å². The lowest BCUT2D eigenvalue weighted by Gasteiger charge is -2.41. The minimum Gasteiger partial charge on any atom is -0.480 e. The zero-order valence-electron chi connectivity index (χ0n) is 24.8. The second-order valence-corrected chi connectivity index (χ2v) is 12.0. The number of alkyl halides is 5. The number of hydrogen-bond donors (Lipinski definition) is 2. The van der Waals surface area contributed by atoms with Crippen LogP contribution in [0, 0.1) is 5.41 Å². The molecule has 5 rings (SSSR count). The van der Waals surface area contributed by atoms with Gasteiger partial charge in [-0.15, -0.1) is 0 Å². The molecule has 0 aliphatic carbocycles. The molecule has 45 heavy (non-hydrogen) atoms. The summed E-state index contributed by atoms with van der Waals surface area (Å²) in [7, 11) is 0. The minimum absolute atomic E-state index is 0.254. The monoisotopic (exact) mass is 632 g/mol. The number of hydrogen-bond acceptors (Lipinski definition) is 5. The number of piperidine rings is 2. The van der Waals surface area contributed by atoms with Crippen LogP contribution in [0.3, 0.4) is 0 Å². The van der Waals surface area contributed by atoms with Gasteiger partial charge in [0.2, 0.25) is 5.91 Å². The van der Waals surface area contributed by atoms with Crippen molar-refractivity contribution in [3.63, 3.8) is 0 Å². The highest BCUT2D eigenvalue weighted by Crippen LogP contribution is 2.46. The van der Waals surface area contributed by atoms with Gasteiger partial charge in [0.25, 0.3) is 6.43 Å². The number of fused-ring (bicyclic) bond motifs is 1. The van der Waals surface area contributed by atoms with E-state index in [1.165, 1.54) is 24.2 Å². The molecule has 2 fully saturated rings. The van der Waals surface area contributed by atoms with Crippen LogP contribution in [0.4, 0.5) is 22.0 Å². The van der Waals surface area contributed by atoms with Crippen LogP contribution in [0.1, 0.15) is 43.2 Å². The van der Waals surface area contributed by atoms with Gasteiger partial charge in [-0.2, -0.15) is 13.2 Å². The van der Waals surface area contributed by atoms with Crippen LogP contribution >= 0.6 is 0 Å². The van der Waals surface area contributed by atoms with Gasteiger partial charge in [-0.05, 0) is 79.8 Å². The Balaban J connectivity index is 1.35. The number of aliphatic carboxylic acids is 1. The summed E-state index contributed by atoms with van der Waals surface area (Å²) in [5, 5.41) is 13.6. The van der Waals surface area contributed by atoms with Gasteiger partial charge in [0, 0.05) is 24.7 Å². The van der Waals surface area contributed by atoms with E-state index in [2.05, 4.69) is 10.2 Å². The maximum Gasteiger partial charge on any atom is 0.403 e. The number of carbonyl (C=O) groups is 2. The molecule has 2 aliphatic heterocycles. The number of carboxylic acid groups (broad SMARTS) is 1. The Morgan fingerprint density at radius 1 is 0.911 bits per heavy atom. The molecule has 1 amide bonds. The number of carbonyl (C=O) groups excluding carboxylic acids is 1. The molecule has 7 nitrogen and oxygen atoms in total. The zero-order chi connectivity index (χ0) is 32.2. The lowest BCUT2D eigenvalue weighted by Crippen LogP contribution is -2.59. The molecule has 0 saturated carbocycles. The SMILES string of the molecule is O=C(O)[C@H](Cc1cccc2c(-c3ccc(CN4CCCCC4)cn3)cccc12)NC(=O)C1(C(F)(F)F)CCN(CC(F)F)CC1. The van der Waals surface area contributed by atoms with Crippen LogP contribution in [0.5, 0.6) is 0 Å². The first-order chi connectivity index (χ1) is 21.5. The second kappa shape index (κ2) is 13.8. The molecule has 0 bridgehead atoms. The number of halogens is 5. The fourth-order valence-electron chi connectivity index (χ4n) is 6.50. The highest BCUT2D eigenvalue weighted by molar-refractivity contribution is 5.98. The maximum absolute atomic E-state index is 14.3. The molecule has 2 saturated heterocycles. The summed E-state index contributed by atoms with van der Waals surface area (Å²) in [5.41, 5.74) is 0.335. The Kier molecular flexibility index (Phi) is 10.0. The van der Waals surface area contributed by atoms with E-state index in [0.29, 0.717) is 10.9 Å². The average Bonchev–Trinajstić information content (AvgIpc) is 3.01. The smallest absolute Gasteiger partial charge is 0.403 e. The summed E-state index contributed by atoms with van der Waals surface area (Å²) < 4.78 is 68.4. The molecule has 3 heterocycles. The Bertz CT molecular complexity index is 1480. The van der Waals surface area contributed by atoms with Crippen molar-refractivity contribution in [3.05, 3.63) is 65.9 Å². The van der Waals surface area contributed by atoms with E-state index in [1.807, 2.05) is 36.5 Å². The summed E-state index contributed by atoms with van der Waals surface area (Å²) in [6.07, 6.45) is -3.91. The van der Waals surface area contributed by atoms with Crippen LogP contribution in [0.15, 0.2) is 54.7 Å². The van der Waals surface area contributed by atoms with Crippen molar-refractivity contribution in [1.29, 1.82) is 0 Å². The number of amides is 1. The zero-order valence-corrected chi connectivity index (χ0v) is 24.8. The number of carboxylic acids is 1. The van der Waals surface area contributed by atoms with Crippen molar-refractivity contribution in [1.82, 2.24) is 20.1 Å². The van der Waals surface area contributed by atoms with E-state index in [-0.39, 0.29) is 19.5 Å². The van der Waals surface area contributed by atoms with Crippen molar-refractivity contribution < 1.29 is 36.6 Å². The highest BCUT2D eigenvalue weighted by Gasteiger charge is 2.61. The molecule has 2 N–H and O–H groups in total. The molecule has 242 valence electrons. The first-order valence-corrected chi connectivity index (χ1v) is 15.3. The number of nitrogens with zero attached hydrogens (tertiary/aromatic N) is 3. The first kappa shape index (κ1) is 32.7. The van der Waals surface area contributed by atoms with Gasteiger partial charge in [-0.3, -0.25) is 19.6 Å². The van der Waals surface area contributed by atoms with E-state index in [9.17, 15) is 36.6 Å². The number of likely N-dealkylation sites (tertiary alicyclic amines) is 2. The molecule has 1 atom stereocenters. The number of aromatic nitrogens is 1. The number of pyridine rings is 1. The average molecular weight is 633 g/mol. The topological polar surface area (TPSA) is 85.8 Å². The molecular formula is C33H37F5N4O3. The van der Waals surface area contributed by atoms with Gasteiger partial charge in [0.05, 0.1) is 12.2 Å². The lowest BCUT2D eigenvalue weighted by atomic mass is 9.76. The van der Waals surface area contributed by atoms with Crippen LogP contribution in [-0.4, -0.2) is 83.1 Å². The Hall–Kier alpha value is -3.64. The highest BCUT2D eigenvalue weighted by atomic mass is 19.4. The third kappa shape index (κ3) is 7.44. The largest absolute Gasteiger partial charge is 0.480 e. The van der Waals surface area contributed by atoms with Gasteiger partial charge in [0.15, 0.2) is 0 Å².